The van der Waals surface area contributed by atoms with Gasteiger partial charge in [0.25, 0.3) is 0 Å². The van der Waals surface area contributed by atoms with Crippen LogP contribution in [-0.4, -0.2) is 36.2 Å². The molecule has 1 heterocycles. The molecule has 0 unspecified atom stereocenters. The van der Waals surface area contributed by atoms with Crippen LogP contribution in [0.4, 0.5) is 5.69 Å². The number of aliphatic carboxylic acids is 2. The van der Waals surface area contributed by atoms with Crippen molar-refractivity contribution >= 4 is 23.3 Å². The second-order valence-corrected chi connectivity index (χ2v) is 5.47. The summed E-state index contributed by atoms with van der Waals surface area (Å²) in [5, 5.41) is 18.0. The number of allylic oxidation sites excluding steroid dienone is 2. The molecule has 2 aromatic rings. The first-order valence-electron chi connectivity index (χ1n) is 7.53. The fourth-order valence-corrected chi connectivity index (χ4v) is 2.21. The number of hydrogen-bond donors (Lipinski definition) is 2. The lowest BCUT2D eigenvalue weighted by molar-refractivity contribution is -0.579. The van der Waals surface area contributed by atoms with Crippen molar-refractivity contribution in [3.8, 4) is 0 Å². The molecule has 0 aliphatic carbocycles. The molecule has 0 bridgehead atoms. The van der Waals surface area contributed by atoms with Crippen molar-refractivity contribution in [1.29, 1.82) is 0 Å². The van der Waals surface area contributed by atoms with Gasteiger partial charge in [-0.25, -0.2) is 9.59 Å². The zero-order chi connectivity index (χ0) is 18.4. The van der Waals surface area contributed by atoms with Gasteiger partial charge < -0.3 is 15.1 Å². The van der Waals surface area contributed by atoms with Crippen LogP contribution in [0.1, 0.15) is 5.56 Å². The Morgan fingerprint density at radius 2 is 1.48 bits per heavy atom. The van der Waals surface area contributed by atoms with Gasteiger partial charge in [0, 0.05) is 43.6 Å². The van der Waals surface area contributed by atoms with E-state index in [2.05, 4.69) is 0 Å². The molecule has 128 valence electrons. The number of carboxylic acid groups (broad SMARTS) is 2. The molecular weight excluding hydrogens is 320 g/mol. The fourth-order valence-electron chi connectivity index (χ4n) is 2.21. The van der Waals surface area contributed by atoms with E-state index < -0.39 is 17.5 Å². The SMILES string of the molecule is CN(C)c1cc[n+](C(=CC=C(C(=O)O)C(=O)O)c2ccccc2)cc1. The third-order valence-electron chi connectivity index (χ3n) is 3.54. The van der Waals surface area contributed by atoms with E-state index in [0.717, 1.165) is 17.3 Å². The number of aromatic nitrogens is 1. The molecule has 0 saturated heterocycles. The molecule has 0 amide bonds. The van der Waals surface area contributed by atoms with E-state index in [1.165, 1.54) is 6.08 Å². The van der Waals surface area contributed by atoms with Gasteiger partial charge >= 0.3 is 11.9 Å². The molecular formula is C19H19N2O4+. The first-order chi connectivity index (χ1) is 11.9. The Morgan fingerprint density at radius 3 is 1.96 bits per heavy atom. The summed E-state index contributed by atoms with van der Waals surface area (Å²) in [7, 11) is 3.87. The standard InChI is InChI=1S/C19H18N2O4/c1-20(2)15-10-12-21(13-11-15)17(14-6-4-3-5-7-14)9-8-16(18(22)23)19(24)25/h3-13H,1-2H3,(H-,22,23,24,25)/p+1. The van der Waals surface area contributed by atoms with Crippen LogP contribution < -0.4 is 9.47 Å². The highest BCUT2D eigenvalue weighted by Gasteiger charge is 2.17. The van der Waals surface area contributed by atoms with E-state index in [9.17, 15) is 9.59 Å². The quantitative estimate of drug-likeness (QED) is 0.277. The lowest BCUT2D eigenvalue weighted by atomic mass is 10.1. The minimum atomic E-state index is -1.48. The molecule has 0 spiro atoms. The topological polar surface area (TPSA) is 81.7 Å². The Kier molecular flexibility index (Phi) is 5.68. The molecule has 0 aliphatic heterocycles. The molecule has 6 heteroatoms. The zero-order valence-corrected chi connectivity index (χ0v) is 14.0. The maximum Gasteiger partial charge on any atom is 0.343 e. The van der Waals surface area contributed by atoms with E-state index in [-0.39, 0.29) is 0 Å². The van der Waals surface area contributed by atoms with Crippen LogP contribution >= 0.6 is 0 Å². The van der Waals surface area contributed by atoms with Crippen LogP contribution in [0.15, 0.2) is 72.6 Å². The number of anilines is 1. The Balaban J connectivity index is 2.54. The third-order valence-corrected chi connectivity index (χ3v) is 3.54. The zero-order valence-electron chi connectivity index (χ0n) is 14.0. The maximum absolute atomic E-state index is 11.1. The lowest BCUT2D eigenvalue weighted by Crippen LogP contribution is -2.32. The average molecular weight is 339 g/mol. The van der Waals surface area contributed by atoms with Crippen molar-refractivity contribution in [2.75, 3.05) is 19.0 Å². The molecule has 0 aliphatic rings. The highest BCUT2D eigenvalue weighted by Crippen LogP contribution is 2.14. The Labute approximate surface area is 145 Å². The monoisotopic (exact) mass is 339 g/mol. The highest BCUT2D eigenvalue weighted by molar-refractivity contribution is 6.12. The van der Waals surface area contributed by atoms with Gasteiger partial charge in [-0.05, 0) is 18.2 Å². The predicted octanol–water partition coefficient (Wildman–Crippen LogP) is 2.02. The van der Waals surface area contributed by atoms with E-state index in [0.29, 0.717) is 5.70 Å². The van der Waals surface area contributed by atoms with Gasteiger partial charge in [-0.2, -0.15) is 4.57 Å². The summed E-state index contributed by atoms with van der Waals surface area (Å²) in [5.74, 6) is -2.96. The van der Waals surface area contributed by atoms with Crippen LogP contribution in [-0.2, 0) is 9.59 Å². The summed E-state index contributed by atoms with van der Waals surface area (Å²) in [4.78, 5) is 24.1. The minimum Gasteiger partial charge on any atom is -0.477 e. The number of rotatable bonds is 6. The molecule has 2 rings (SSSR count). The Hall–Kier alpha value is -3.41. The van der Waals surface area contributed by atoms with Gasteiger partial charge in [-0.15, -0.1) is 0 Å². The molecule has 2 N–H and O–H groups in total. The van der Waals surface area contributed by atoms with Gasteiger partial charge in [0.2, 0.25) is 5.70 Å². The Bertz CT molecular complexity index is 806. The Morgan fingerprint density at radius 1 is 0.920 bits per heavy atom. The molecule has 1 aromatic carbocycles. The van der Waals surface area contributed by atoms with Crippen LogP contribution in [0.2, 0.25) is 0 Å². The van der Waals surface area contributed by atoms with E-state index >= 15 is 0 Å². The predicted molar refractivity (Wildman–Crippen MR) is 94.1 cm³/mol. The second kappa shape index (κ2) is 7.92. The van der Waals surface area contributed by atoms with E-state index in [1.807, 2.05) is 73.9 Å². The second-order valence-electron chi connectivity index (χ2n) is 5.47. The molecule has 25 heavy (non-hydrogen) atoms. The van der Waals surface area contributed by atoms with Crippen LogP contribution in [0.3, 0.4) is 0 Å². The molecule has 6 nitrogen and oxygen atoms in total. The van der Waals surface area contributed by atoms with Crippen molar-refractivity contribution < 1.29 is 24.4 Å². The number of benzene rings is 1. The van der Waals surface area contributed by atoms with Crippen LogP contribution in [0, 0.1) is 0 Å². The first-order valence-corrected chi connectivity index (χ1v) is 7.53. The molecule has 0 saturated carbocycles. The fraction of sp³-hybridized carbons (Fsp3) is 0.105. The van der Waals surface area contributed by atoms with E-state index in [4.69, 9.17) is 10.2 Å². The summed E-state index contributed by atoms with van der Waals surface area (Å²) >= 11 is 0. The number of nitrogens with zero attached hydrogens (tertiary/aromatic N) is 2. The summed E-state index contributed by atoms with van der Waals surface area (Å²) in [6.07, 6.45) is 6.26. The summed E-state index contributed by atoms with van der Waals surface area (Å²) in [6, 6.07) is 13.2. The average Bonchev–Trinajstić information content (AvgIpc) is 2.59. The largest absolute Gasteiger partial charge is 0.477 e. The van der Waals surface area contributed by atoms with Gasteiger partial charge in [0.15, 0.2) is 12.4 Å². The normalized spacial score (nSPS) is 10.9. The van der Waals surface area contributed by atoms with Gasteiger partial charge in [-0.3, -0.25) is 0 Å². The first kappa shape index (κ1) is 17.9. The number of carbonyl (C=O) groups is 2. The molecule has 0 atom stereocenters. The van der Waals surface area contributed by atoms with Crippen molar-refractivity contribution in [1.82, 2.24) is 0 Å². The summed E-state index contributed by atoms with van der Waals surface area (Å²) < 4.78 is 1.81. The third kappa shape index (κ3) is 4.54. The molecule has 0 radical (unpaired) electrons. The maximum atomic E-state index is 11.1. The van der Waals surface area contributed by atoms with Crippen molar-refractivity contribution in [3.63, 3.8) is 0 Å². The van der Waals surface area contributed by atoms with Crippen molar-refractivity contribution in [2.24, 2.45) is 0 Å². The summed E-state index contributed by atoms with van der Waals surface area (Å²) in [6.45, 7) is 0. The number of carboxylic acids is 2. The van der Waals surface area contributed by atoms with Crippen LogP contribution in [0.25, 0.3) is 5.70 Å². The van der Waals surface area contributed by atoms with Crippen molar-refractivity contribution in [2.45, 2.75) is 0 Å². The van der Waals surface area contributed by atoms with Gasteiger partial charge in [0.1, 0.15) is 5.57 Å². The van der Waals surface area contributed by atoms with Gasteiger partial charge in [-0.1, -0.05) is 18.2 Å². The lowest BCUT2D eigenvalue weighted by Gasteiger charge is -2.11. The van der Waals surface area contributed by atoms with E-state index in [1.54, 1.807) is 4.57 Å². The number of hydrogen-bond acceptors (Lipinski definition) is 3. The van der Waals surface area contributed by atoms with Gasteiger partial charge in [0.05, 0.1) is 0 Å². The number of pyridine rings is 1. The van der Waals surface area contributed by atoms with Crippen molar-refractivity contribution in [3.05, 3.63) is 78.1 Å². The molecule has 1 aromatic heterocycles. The smallest absolute Gasteiger partial charge is 0.343 e. The molecule has 0 fully saturated rings. The van der Waals surface area contributed by atoms with Crippen LogP contribution in [0.5, 0.6) is 0 Å². The minimum absolute atomic E-state index is 0.658. The summed E-state index contributed by atoms with van der Waals surface area (Å²) in [5.41, 5.74) is 1.80. The highest BCUT2D eigenvalue weighted by atomic mass is 16.4.